The summed E-state index contributed by atoms with van der Waals surface area (Å²) in [4.78, 5) is 0. The predicted molar refractivity (Wildman–Crippen MR) is 88.1 cm³/mol. The lowest BCUT2D eigenvalue weighted by atomic mass is 10.1. The van der Waals surface area contributed by atoms with Crippen LogP contribution < -0.4 is 0 Å². The molecule has 0 saturated carbocycles. The van der Waals surface area contributed by atoms with Crippen LogP contribution in [0.1, 0.15) is 97.8 Å². The van der Waals surface area contributed by atoms with Crippen molar-refractivity contribution in [3.05, 3.63) is 0 Å². The molecule has 0 aliphatic rings. The summed E-state index contributed by atoms with van der Waals surface area (Å²) in [6.07, 6.45) is 15.9. The fourth-order valence-electron chi connectivity index (χ4n) is 2.44. The molecule has 0 radical (unpaired) electrons. The molecule has 0 aliphatic heterocycles. The molecule has 1 atom stereocenters. The van der Waals surface area contributed by atoms with E-state index in [1.54, 1.807) is 0 Å². The molecule has 2 nitrogen and oxygen atoms in total. The Kier molecular flexibility index (Phi) is 16.9. The van der Waals surface area contributed by atoms with E-state index >= 15 is 0 Å². The highest BCUT2D eigenvalue weighted by atomic mass is 16.7. The molecule has 0 bridgehead atoms. The van der Waals surface area contributed by atoms with E-state index in [1.165, 1.54) is 64.2 Å². The number of hydrogen-bond acceptors (Lipinski definition) is 2. The number of unbranched alkanes of at least 4 members (excludes halogenated alkanes) is 9. The normalized spacial score (nSPS) is 12.8. The first kappa shape index (κ1) is 19.9. The SMILES string of the molecule is CCCCCCCCCCCCOC(CCC)OCC. The van der Waals surface area contributed by atoms with Gasteiger partial charge in [-0.25, -0.2) is 0 Å². The first-order valence-electron chi connectivity index (χ1n) is 9.08. The molecule has 0 spiro atoms. The third kappa shape index (κ3) is 14.3. The van der Waals surface area contributed by atoms with E-state index in [9.17, 15) is 0 Å². The van der Waals surface area contributed by atoms with E-state index in [-0.39, 0.29) is 6.29 Å². The summed E-state index contributed by atoms with van der Waals surface area (Å²) in [5.41, 5.74) is 0. The van der Waals surface area contributed by atoms with Crippen LogP contribution in [0.15, 0.2) is 0 Å². The lowest BCUT2D eigenvalue weighted by molar-refractivity contribution is -0.143. The van der Waals surface area contributed by atoms with Gasteiger partial charge in [-0.2, -0.15) is 0 Å². The topological polar surface area (TPSA) is 18.5 Å². The van der Waals surface area contributed by atoms with Gasteiger partial charge in [0.1, 0.15) is 0 Å². The van der Waals surface area contributed by atoms with Crippen molar-refractivity contribution in [2.24, 2.45) is 0 Å². The van der Waals surface area contributed by atoms with Crippen LogP contribution in [0, 0.1) is 0 Å². The maximum Gasteiger partial charge on any atom is 0.157 e. The van der Waals surface area contributed by atoms with E-state index in [0.717, 1.165) is 26.1 Å². The van der Waals surface area contributed by atoms with Gasteiger partial charge in [0.25, 0.3) is 0 Å². The summed E-state index contributed by atoms with van der Waals surface area (Å²) in [6, 6.07) is 0. The Morgan fingerprint density at radius 2 is 1.15 bits per heavy atom. The van der Waals surface area contributed by atoms with Crippen LogP contribution in [0.3, 0.4) is 0 Å². The molecule has 0 aromatic carbocycles. The zero-order valence-electron chi connectivity index (χ0n) is 14.3. The Hall–Kier alpha value is -0.0800. The summed E-state index contributed by atoms with van der Waals surface area (Å²) in [7, 11) is 0. The van der Waals surface area contributed by atoms with E-state index in [0.29, 0.717) is 0 Å². The van der Waals surface area contributed by atoms with E-state index in [4.69, 9.17) is 9.47 Å². The highest BCUT2D eigenvalue weighted by Crippen LogP contribution is 2.11. The van der Waals surface area contributed by atoms with Gasteiger partial charge in [-0.05, 0) is 19.8 Å². The Bertz CT molecular complexity index is 165. The van der Waals surface area contributed by atoms with Gasteiger partial charge in [-0.3, -0.25) is 0 Å². The Balaban J connectivity index is 3.18. The quantitative estimate of drug-likeness (QED) is 0.252. The summed E-state index contributed by atoms with van der Waals surface area (Å²) in [6.45, 7) is 8.10. The first-order chi connectivity index (χ1) is 9.85. The lowest BCUT2D eigenvalue weighted by Crippen LogP contribution is -2.17. The summed E-state index contributed by atoms with van der Waals surface area (Å²) in [5.74, 6) is 0. The van der Waals surface area contributed by atoms with Crippen LogP contribution in [0.5, 0.6) is 0 Å². The Morgan fingerprint density at radius 3 is 1.65 bits per heavy atom. The summed E-state index contributed by atoms with van der Waals surface area (Å²) in [5, 5.41) is 0. The average Bonchev–Trinajstić information content (AvgIpc) is 2.45. The second-order valence-electron chi connectivity index (χ2n) is 5.73. The third-order valence-corrected chi connectivity index (χ3v) is 3.68. The fraction of sp³-hybridized carbons (Fsp3) is 1.00. The molecular weight excluding hydrogens is 248 g/mol. The van der Waals surface area contributed by atoms with Gasteiger partial charge >= 0.3 is 0 Å². The minimum absolute atomic E-state index is 0.0311. The zero-order valence-corrected chi connectivity index (χ0v) is 14.3. The lowest BCUT2D eigenvalue weighted by Gasteiger charge is -2.16. The van der Waals surface area contributed by atoms with Crippen molar-refractivity contribution >= 4 is 0 Å². The van der Waals surface area contributed by atoms with Gasteiger partial charge in [0.15, 0.2) is 6.29 Å². The fourth-order valence-corrected chi connectivity index (χ4v) is 2.44. The maximum absolute atomic E-state index is 5.77. The van der Waals surface area contributed by atoms with Gasteiger partial charge in [-0.1, -0.05) is 78.1 Å². The third-order valence-electron chi connectivity index (χ3n) is 3.68. The molecular formula is C18H38O2. The molecule has 0 amide bonds. The average molecular weight is 286 g/mol. The van der Waals surface area contributed by atoms with Crippen molar-refractivity contribution in [3.8, 4) is 0 Å². The van der Waals surface area contributed by atoms with E-state index in [1.807, 2.05) is 6.92 Å². The van der Waals surface area contributed by atoms with Gasteiger partial charge in [0.2, 0.25) is 0 Å². The number of rotatable bonds is 16. The van der Waals surface area contributed by atoms with Crippen molar-refractivity contribution in [1.82, 2.24) is 0 Å². The molecule has 0 aromatic heterocycles. The smallest absolute Gasteiger partial charge is 0.157 e. The van der Waals surface area contributed by atoms with Gasteiger partial charge in [-0.15, -0.1) is 0 Å². The largest absolute Gasteiger partial charge is 0.353 e. The number of hydrogen-bond donors (Lipinski definition) is 0. The molecule has 1 unspecified atom stereocenters. The zero-order chi connectivity index (χ0) is 14.9. The molecule has 0 aromatic rings. The van der Waals surface area contributed by atoms with Crippen LogP contribution in [-0.2, 0) is 9.47 Å². The van der Waals surface area contributed by atoms with Crippen LogP contribution in [0.25, 0.3) is 0 Å². The van der Waals surface area contributed by atoms with Crippen LogP contribution in [-0.4, -0.2) is 19.5 Å². The highest BCUT2D eigenvalue weighted by molar-refractivity contribution is 4.48. The number of ether oxygens (including phenoxy) is 2. The summed E-state index contributed by atoms with van der Waals surface area (Å²) < 4.78 is 11.3. The van der Waals surface area contributed by atoms with Crippen LogP contribution >= 0.6 is 0 Å². The van der Waals surface area contributed by atoms with Gasteiger partial charge < -0.3 is 9.47 Å². The van der Waals surface area contributed by atoms with Gasteiger partial charge in [0.05, 0.1) is 0 Å². The van der Waals surface area contributed by atoms with E-state index in [2.05, 4.69) is 13.8 Å². The summed E-state index contributed by atoms with van der Waals surface area (Å²) >= 11 is 0. The maximum atomic E-state index is 5.77. The minimum Gasteiger partial charge on any atom is -0.353 e. The van der Waals surface area contributed by atoms with Gasteiger partial charge in [0, 0.05) is 13.2 Å². The molecule has 0 rings (SSSR count). The molecule has 0 fully saturated rings. The van der Waals surface area contributed by atoms with Crippen LogP contribution in [0.2, 0.25) is 0 Å². The highest BCUT2D eigenvalue weighted by Gasteiger charge is 2.06. The second kappa shape index (κ2) is 17.0. The minimum atomic E-state index is 0.0311. The molecule has 0 N–H and O–H groups in total. The monoisotopic (exact) mass is 286 g/mol. The first-order valence-corrected chi connectivity index (χ1v) is 9.08. The molecule has 0 saturated heterocycles. The second-order valence-corrected chi connectivity index (χ2v) is 5.73. The Labute approximate surface area is 127 Å². The molecule has 20 heavy (non-hydrogen) atoms. The van der Waals surface area contributed by atoms with Crippen molar-refractivity contribution < 1.29 is 9.47 Å². The van der Waals surface area contributed by atoms with Crippen molar-refractivity contribution in [2.45, 2.75) is 104 Å². The standard InChI is InChI=1S/C18H38O2/c1-4-7-8-9-10-11-12-13-14-15-17-20-18(16-5-2)19-6-3/h18H,4-17H2,1-3H3. The van der Waals surface area contributed by atoms with Crippen LogP contribution in [0.4, 0.5) is 0 Å². The molecule has 0 heterocycles. The van der Waals surface area contributed by atoms with E-state index < -0.39 is 0 Å². The molecule has 122 valence electrons. The van der Waals surface area contributed by atoms with Crippen molar-refractivity contribution in [2.75, 3.05) is 13.2 Å². The molecule has 2 heteroatoms. The predicted octanol–water partition coefficient (Wildman–Crippen LogP) is 6.09. The van der Waals surface area contributed by atoms with Crippen molar-refractivity contribution in [3.63, 3.8) is 0 Å². The van der Waals surface area contributed by atoms with Crippen molar-refractivity contribution in [1.29, 1.82) is 0 Å². The molecule has 0 aliphatic carbocycles. The Morgan fingerprint density at radius 1 is 0.600 bits per heavy atom.